The minimum atomic E-state index is 0.122. The smallest absolute Gasteiger partial charge is 0.223 e. The van der Waals surface area contributed by atoms with Crippen LogP contribution in [-0.2, 0) is 4.79 Å². The molecular weight excluding hydrogens is 204 g/mol. The minimum Gasteiger partial charge on any atom is -0.396 e. The van der Waals surface area contributed by atoms with Crippen molar-refractivity contribution in [3.63, 3.8) is 0 Å². The third-order valence-electron chi connectivity index (χ3n) is 3.42. The van der Waals surface area contributed by atoms with E-state index in [1.165, 1.54) is 0 Å². The predicted molar refractivity (Wildman–Crippen MR) is 64.0 cm³/mol. The fourth-order valence-corrected chi connectivity index (χ4v) is 1.79. The molecule has 94 valence electrons. The third kappa shape index (κ3) is 4.10. The van der Waals surface area contributed by atoms with E-state index in [0.29, 0.717) is 11.8 Å². The molecular formula is C12H24N2O2. The first-order valence-electron chi connectivity index (χ1n) is 6.24. The van der Waals surface area contributed by atoms with Crippen LogP contribution in [0, 0.1) is 17.8 Å². The molecule has 16 heavy (non-hydrogen) atoms. The number of aliphatic hydroxyl groups is 1. The molecule has 2 unspecified atom stereocenters. The molecule has 0 aliphatic carbocycles. The summed E-state index contributed by atoms with van der Waals surface area (Å²) in [7, 11) is 0. The van der Waals surface area contributed by atoms with Crippen LogP contribution in [0.1, 0.15) is 26.7 Å². The van der Waals surface area contributed by atoms with Gasteiger partial charge in [0.1, 0.15) is 0 Å². The van der Waals surface area contributed by atoms with E-state index >= 15 is 0 Å². The Morgan fingerprint density at radius 2 is 2.19 bits per heavy atom. The Morgan fingerprint density at radius 3 is 2.69 bits per heavy atom. The molecule has 0 saturated carbocycles. The highest BCUT2D eigenvalue weighted by atomic mass is 16.3. The van der Waals surface area contributed by atoms with E-state index < -0.39 is 0 Å². The monoisotopic (exact) mass is 228 g/mol. The van der Waals surface area contributed by atoms with Gasteiger partial charge in [0.25, 0.3) is 0 Å². The maximum atomic E-state index is 11.7. The lowest BCUT2D eigenvalue weighted by molar-refractivity contribution is -0.126. The lowest BCUT2D eigenvalue weighted by atomic mass is 9.88. The van der Waals surface area contributed by atoms with Crippen LogP contribution in [0.5, 0.6) is 0 Å². The van der Waals surface area contributed by atoms with Crippen LogP contribution in [0.25, 0.3) is 0 Å². The van der Waals surface area contributed by atoms with Gasteiger partial charge in [-0.2, -0.15) is 0 Å². The number of aliphatic hydroxyl groups excluding tert-OH is 1. The number of hydrogen-bond acceptors (Lipinski definition) is 3. The van der Waals surface area contributed by atoms with Gasteiger partial charge in [-0.15, -0.1) is 0 Å². The lowest BCUT2D eigenvalue weighted by Crippen LogP contribution is -2.49. The van der Waals surface area contributed by atoms with Crippen LogP contribution >= 0.6 is 0 Å². The molecule has 1 rings (SSSR count). The third-order valence-corrected chi connectivity index (χ3v) is 3.42. The van der Waals surface area contributed by atoms with Crippen LogP contribution in [-0.4, -0.2) is 37.3 Å². The van der Waals surface area contributed by atoms with Gasteiger partial charge in [0.05, 0.1) is 0 Å². The van der Waals surface area contributed by atoms with E-state index in [9.17, 15) is 4.79 Å². The molecule has 0 aromatic rings. The van der Waals surface area contributed by atoms with E-state index in [0.717, 1.165) is 32.5 Å². The van der Waals surface area contributed by atoms with Gasteiger partial charge in [0, 0.05) is 19.1 Å². The molecule has 0 aromatic heterocycles. The highest BCUT2D eigenvalue weighted by molar-refractivity contribution is 5.78. The van der Waals surface area contributed by atoms with Crippen molar-refractivity contribution in [2.75, 3.05) is 26.2 Å². The molecule has 1 aliphatic heterocycles. The summed E-state index contributed by atoms with van der Waals surface area (Å²) in [6.45, 7) is 6.92. The Bertz CT molecular complexity index is 217. The van der Waals surface area contributed by atoms with Crippen LogP contribution in [0.15, 0.2) is 0 Å². The molecule has 4 heteroatoms. The van der Waals surface area contributed by atoms with Gasteiger partial charge in [-0.1, -0.05) is 13.8 Å². The molecule has 0 bridgehead atoms. The molecule has 0 radical (unpaired) electrons. The number of amides is 1. The molecule has 0 aromatic carbocycles. The first kappa shape index (κ1) is 13.5. The van der Waals surface area contributed by atoms with Crippen molar-refractivity contribution >= 4 is 5.91 Å². The summed E-state index contributed by atoms with van der Waals surface area (Å²) in [6.07, 6.45) is 1.92. The number of carbonyl (C=O) groups is 1. The molecule has 1 heterocycles. The summed E-state index contributed by atoms with van der Waals surface area (Å²) in [6, 6.07) is 0. The van der Waals surface area contributed by atoms with Crippen LogP contribution in [0.3, 0.4) is 0 Å². The predicted octanol–water partition coefficient (Wildman–Crippen LogP) is 0.367. The molecule has 4 nitrogen and oxygen atoms in total. The molecule has 1 amide bonds. The maximum Gasteiger partial charge on any atom is 0.223 e. The summed E-state index contributed by atoms with van der Waals surface area (Å²) in [5.41, 5.74) is 0. The average Bonchev–Trinajstić information content (AvgIpc) is 2.21. The topological polar surface area (TPSA) is 61.4 Å². The summed E-state index contributed by atoms with van der Waals surface area (Å²) in [4.78, 5) is 11.7. The Labute approximate surface area is 97.8 Å². The minimum absolute atomic E-state index is 0.122. The van der Waals surface area contributed by atoms with Gasteiger partial charge in [0.15, 0.2) is 0 Å². The molecule has 3 N–H and O–H groups in total. The second kappa shape index (κ2) is 6.86. The van der Waals surface area contributed by atoms with Crippen molar-refractivity contribution in [1.82, 2.24) is 10.6 Å². The van der Waals surface area contributed by atoms with Crippen molar-refractivity contribution in [2.45, 2.75) is 26.7 Å². The molecule has 0 spiro atoms. The van der Waals surface area contributed by atoms with Crippen LogP contribution < -0.4 is 10.6 Å². The van der Waals surface area contributed by atoms with E-state index in [1.807, 2.05) is 13.8 Å². The molecule has 1 aliphatic rings. The number of carbonyl (C=O) groups excluding carboxylic acids is 1. The first-order chi connectivity index (χ1) is 7.65. The molecule has 1 saturated heterocycles. The number of nitrogens with one attached hydrogen (secondary N) is 2. The molecule has 1 fully saturated rings. The van der Waals surface area contributed by atoms with E-state index in [4.69, 9.17) is 5.11 Å². The van der Waals surface area contributed by atoms with Crippen molar-refractivity contribution < 1.29 is 9.90 Å². The van der Waals surface area contributed by atoms with Gasteiger partial charge in [0.2, 0.25) is 5.91 Å². The summed E-state index contributed by atoms with van der Waals surface area (Å²) < 4.78 is 0. The highest BCUT2D eigenvalue weighted by Crippen LogP contribution is 2.15. The van der Waals surface area contributed by atoms with Gasteiger partial charge < -0.3 is 15.7 Å². The zero-order valence-corrected chi connectivity index (χ0v) is 10.3. The van der Waals surface area contributed by atoms with Crippen LogP contribution in [0.2, 0.25) is 0 Å². The van der Waals surface area contributed by atoms with Gasteiger partial charge in [-0.3, -0.25) is 4.79 Å². The van der Waals surface area contributed by atoms with E-state index in [1.54, 1.807) is 0 Å². The van der Waals surface area contributed by atoms with Crippen molar-refractivity contribution in [2.24, 2.45) is 17.8 Å². The standard InChI is InChI=1S/C12H24N2O2/c1-9(8-15)4-3-5-14-12(16)10(2)11-6-13-7-11/h9-11,13,15H,3-8H2,1-2H3,(H,14,16). The second-order valence-corrected chi connectivity index (χ2v) is 4.93. The second-order valence-electron chi connectivity index (χ2n) is 4.93. The Hall–Kier alpha value is -0.610. The van der Waals surface area contributed by atoms with Gasteiger partial charge in [-0.05, 0) is 37.8 Å². The van der Waals surface area contributed by atoms with Crippen LogP contribution in [0.4, 0.5) is 0 Å². The maximum absolute atomic E-state index is 11.7. The number of hydrogen-bond donors (Lipinski definition) is 3. The fourth-order valence-electron chi connectivity index (χ4n) is 1.79. The summed E-state index contributed by atoms with van der Waals surface area (Å²) in [5, 5.41) is 15.0. The normalized spacial score (nSPS) is 19.9. The lowest BCUT2D eigenvalue weighted by Gasteiger charge is -2.31. The first-order valence-corrected chi connectivity index (χ1v) is 6.24. The summed E-state index contributed by atoms with van der Waals surface area (Å²) >= 11 is 0. The van der Waals surface area contributed by atoms with E-state index in [2.05, 4.69) is 10.6 Å². The average molecular weight is 228 g/mol. The highest BCUT2D eigenvalue weighted by Gasteiger charge is 2.28. The Morgan fingerprint density at radius 1 is 1.50 bits per heavy atom. The Balaban J connectivity index is 2.05. The Kier molecular flexibility index (Phi) is 5.77. The quantitative estimate of drug-likeness (QED) is 0.552. The van der Waals surface area contributed by atoms with E-state index in [-0.39, 0.29) is 18.4 Å². The zero-order valence-electron chi connectivity index (χ0n) is 10.3. The SMILES string of the molecule is CC(CO)CCCNC(=O)C(C)C1CNC1. The fraction of sp³-hybridized carbons (Fsp3) is 0.917. The van der Waals surface area contributed by atoms with Crippen molar-refractivity contribution in [3.8, 4) is 0 Å². The van der Waals surface area contributed by atoms with Gasteiger partial charge in [-0.25, -0.2) is 0 Å². The van der Waals surface area contributed by atoms with Gasteiger partial charge >= 0.3 is 0 Å². The van der Waals surface area contributed by atoms with Crippen molar-refractivity contribution in [3.05, 3.63) is 0 Å². The van der Waals surface area contributed by atoms with Crippen molar-refractivity contribution in [1.29, 1.82) is 0 Å². The molecule has 2 atom stereocenters. The largest absolute Gasteiger partial charge is 0.396 e. The zero-order chi connectivity index (χ0) is 12.0. The summed E-state index contributed by atoms with van der Waals surface area (Å²) in [5.74, 6) is 1.14. The number of rotatable bonds is 7.